The zero-order valence-corrected chi connectivity index (χ0v) is 6.76. The molecule has 0 spiro atoms. The molecule has 0 amide bonds. The monoisotopic (exact) mass is 141 g/mol. The van der Waals surface area contributed by atoms with Gasteiger partial charge in [-0.1, -0.05) is 6.92 Å². The Bertz CT molecular complexity index is 133. The van der Waals surface area contributed by atoms with Crippen LogP contribution in [0.4, 0.5) is 0 Å². The number of carbonyl (C=O) groups excluding carboxylic acids is 1. The summed E-state index contributed by atoms with van der Waals surface area (Å²) < 4.78 is 0. The van der Waals surface area contributed by atoms with Gasteiger partial charge in [0.15, 0.2) is 0 Å². The number of hydrogen-bond donors (Lipinski definition) is 0. The fourth-order valence-corrected chi connectivity index (χ4v) is 1.48. The minimum absolute atomic E-state index is 0.241. The lowest BCUT2D eigenvalue weighted by Gasteiger charge is -2.20. The Kier molecular flexibility index (Phi) is 2.44. The molecular weight excluding hydrogens is 126 g/mol. The molecule has 0 bridgehead atoms. The van der Waals surface area contributed by atoms with Crippen LogP contribution in [0.3, 0.4) is 0 Å². The van der Waals surface area contributed by atoms with Gasteiger partial charge >= 0.3 is 0 Å². The number of hydrogen-bond acceptors (Lipinski definition) is 2. The first-order chi connectivity index (χ1) is 4.75. The summed E-state index contributed by atoms with van der Waals surface area (Å²) in [5, 5.41) is 0. The van der Waals surface area contributed by atoms with Crippen LogP contribution in [0.1, 0.15) is 26.2 Å². The van der Waals surface area contributed by atoms with Crippen molar-refractivity contribution in [1.82, 2.24) is 4.90 Å². The molecule has 0 heterocycles. The average molecular weight is 141 g/mol. The second kappa shape index (κ2) is 3.15. The van der Waals surface area contributed by atoms with E-state index in [4.69, 9.17) is 0 Å². The molecule has 1 aliphatic carbocycles. The normalized spacial score (nSPS) is 26.3. The van der Waals surface area contributed by atoms with E-state index in [-0.39, 0.29) is 6.04 Å². The van der Waals surface area contributed by atoms with E-state index in [0.29, 0.717) is 5.78 Å². The number of nitrogens with zero attached hydrogens (tertiary/aromatic N) is 1. The predicted octanol–water partition coefficient (Wildman–Crippen LogP) is 1.06. The molecule has 2 nitrogen and oxygen atoms in total. The van der Waals surface area contributed by atoms with Crippen LogP contribution in [0.2, 0.25) is 0 Å². The Morgan fingerprint density at radius 2 is 2.40 bits per heavy atom. The van der Waals surface area contributed by atoms with Gasteiger partial charge in [0.25, 0.3) is 0 Å². The van der Waals surface area contributed by atoms with Gasteiger partial charge in [-0.15, -0.1) is 0 Å². The van der Waals surface area contributed by atoms with E-state index in [2.05, 4.69) is 11.8 Å². The van der Waals surface area contributed by atoms with E-state index in [0.717, 1.165) is 25.8 Å². The second-order valence-corrected chi connectivity index (χ2v) is 2.95. The molecule has 0 N–H and O–H groups in total. The standard InChI is InChI=1S/C8H15NO/c1-3-9(2)7-5-4-6-8(7)10/h7H,3-6H2,1-2H3. The van der Waals surface area contributed by atoms with Gasteiger partial charge in [0.2, 0.25) is 0 Å². The molecule has 1 atom stereocenters. The highest BCUT2D eigenvalue weighted by atomic mass is 16.1. The van der Waals surface area contributed by atoms with E-state index >= 15 is 0 Å². The summed E-state index contributed by atoms with van der Waals surface area (Å²) in [6, 6.07) is 0.241. The van der Waals surface area contributed by atoms with Crippen LogP contribution in [-0.4, -0.2) is 30.3 Å². The number of likely N-dealkylation sites (N-methyl/N-ethyl adjacent to an activating group) is 1. The lowest BCUT2D eigenvalue weighted by molar-refractivity contribution is -0.121. The summed E-state index contributed by atoms with van der Waals surface area (Å²) >= 11 is 0. The second-order valence-electron chi connectivity index (χ2n) is 2.95. The van der Waals surface area contributed by atoms with Gasteiger partial charge in [-0.25, -0.2) is 0 Å². The van der Waals surface area contributed by atoms with Crippen molar-refractivity contribution < 1.29 is 4.79 Å². The third kappa shape index (κ3) is 1.37. The Balaban J connectivity index is 2.46. The molecule has 0 saturated heterocycles. The van der Waals surface area contributed by atoms with Crippen molar-refractivity contribution in [1.29, 1.82) is 0 Å². The van der Waals surface area contributed by atoms with E-state index < -0.39 is 0 Å². The van der Waals surface area contributed by atoms with E-state index in [1.807, 2.05) is 7.05 Å². The highest BCUT2D eigenvalue weighted by Crippen LogP contribution is 2.18. The van der Waals surface area contributed by atoms with Crippen molar-refractivity contribution in [3.8, 4) is 0 Å². The van der Waals surface area contributed by atoms with Crippen molar-refractivity contribution in [3.63, 3.8) is 0 Å². The molecule has 58 valence electrons. The Morgan fingerprint density at radius 1 is 1.70 bits per heavy atom. The van der Waals surface area contributed by atoms with Gasteiger partial charge in [0, 0.05) is 6.42 Å². The van der Waals surface area contributed by atoms with Crippen LogP contribution in [-0.2, 0) is 4.79 Å². The van der Waals surface area contributed by atoms with Gasteiger partial charge in [0.1, 0.15) is 5.78 Å². The van der Waals surface area contributed by atoms with Gasteiger partial charge in [-0.3, -0.25) is 9.69 Å². The lowest BCUT2D eigenvalue weighted by atomic mass is 10.2. The summed E-state index contributed by atoms with van der Waals surface area (Å²) in [6.07, 6.45) is 2.96. The predicted molar refractivity (Wildman–Crippen MR) is 41.0 cm³/mol. The molecule has 1 fully saturated rings. The fourth-order valence-electron chi connectivity index (χ4n) is 1.48. The molecule has 1 unspecified atom stereocenters. The first-order valence-electron chi connectivity index (χ1n) is 3.98. The smallest absolute Gasteiger partial charge is 0.149 e. The summed E-state index contributed by atoms with van der Waals surface area (Å²) in [5.74, 6) is 0.435. The van der Waals surface area contributed by atoms with E-state index in [9.17, 15) is 4.79 Å². The molecule has 0 aliphatic heterocycles. The molecular formula is C8H15NO. The molecule has 2 heteroatoms. The molecule has 0 aromatic heterocycles. The van der Waals surface area contributed by atoms with Gasteiger partial charge in [0.05, 0.1) is 6.04 Å². The van der Waals surface area contributed by atoms with Crippen molar-refractivity contribution in [3.05, 3.63) is 0 Å². The van der Waals surface area contributed by atoms with Crippen LogP contribution in [0.5, 0.6) is 0 Å². The lowest BCUT2D eigenvalue weighted by Crippen LogP contribution is -2.34. The van der Waals surface area contributed by atoms with Gasteiger partial charge < -0.3 is 0 Å². The minimum atomic E-state index is 0.241. The average Bonchev–Trinajstić information content (AvgIpc) is 2.34. The molecule has 0 aromatic rings. The molecule has 1 aliphatic rings. The Labute approximate surface area is 62.2 Å². The van der Waals surface area contributed by atoms with Crippen molar-refractivity contribution in [2.75, 3.05) is 13.6 Å². The van der Waals surface area contributed by atoms with E-state index in [1.165, 1.54) is 0 Å². The zero-order chi connectivity index (χ0) is 7.56. The highest BCUT2D eigenvalue weighted by Gasteiger charge is 2.26. The van der Waals surface area contributed by atoms with Gasteiger partial charge in [-0.05, 0) is 26.4 Å². The summed E-state index contributed by atoms with van der Waals surface area (Å²) in [4.78, 5) is 13.3. The zero-order valence-electron chi connectivity index (χ0n) is 6.76. The first-order valence-corrected chi connectivity index (χ1v) is 3.98. The first kappa shape index (κ1) is 7.73. The molecule has 10 heavy (non-hydrogen) atoms. The fraction of sp³-hybridized carbons (Fsp3) is 0.875. The summed E-state index contributed by atoms with van der Waals surface area (Å²) in [5.41, 5.74) is 0. The maximum Gasteiger partial charge on any atom is 0.149 e. The maximum absolute atomic E-state index is 11.1. The van der Waals surface area contributed by atoms with Crippen LogP contribution in [0, 0.1) is 0 Å². The van der Waals surface area contributed by atoms with Crippen molar-refractivity contribution >= 4 is 5.78 Å². The maximum atomic E-state index is 11.1. The van der Waals surface area contributed by atoms with Crippen molar-refractivity contribution in [2.24, 2.45) is 0 Å². The largest absolute Gasteiger partial charge is 0.298 e. The van der Waals surface area contributed by atoms with Crippen LogP contribution in [0.15, 0.2) is 0 Å². The Morgan fingerprint density at radius 3 is 2.80 bits per heavy atom. The molecule has 0 aromatic carbocycles. The van der Waals surface area contributed by atoms with Gasteiger partial charge in [-0.2, -0.15) is 0 Å². The molecule has 1 rings (SSSR count). The highest BCUT2D eigenvalue weighted by molar-refractivity contribution is 5.85. The number of Topliss-reactive ketones (excluding diaryl/α,β-unsaturated/α-hetero) is 1. The SMILES string of the molecule is CCN(C)C1CCCC1=O. The topological polar surface area (TPSA) is 20.3 Å². The third-order valence-corrected chi connectivity index (χ3v) is 2.30. The Hall–Kier alpha value is -0.370. The van der Waals surface area contributed by atoms with Crippen LogP contribution >= 0.6 is 0 Å². The number of rotatable bonds is 2. The molecule has 1 saturated carbocycles. The molecule has 0 radical (unpaired) electrons. The quantitative estimate of drug-likeness (QED) is 0.573. The van der Waals surface area contributed by atoms with Crippen LogP contribution < -0.4 is 0 Å². The third-order valence-electron chi connectivity index (χ3n) is 2.30. The van der Waals surface area contributed by atoms with Crippen LogP contribution in [0.25, 0.3) is 0 Å². The number of carbonyl (C=O) groups is 1. The number of ketones is 1. The summed E-state index contributed by atoms with van der Waals surface area (Å²) in [7, 11) is 2.02. The summed E-state index contributed by atoms with van der Waals surface area (Å²) in [6.45, 7) is 3.07. The van der Waals surface area contributed by atoms with Crippen molar-refractivity contribution in [2.45, 2.75) is 32.2 Å². The minimum Gasteiger partial charge on any atom is -0.298 e. The van der Waals surface area contributed by atoms with E-state index in [1.54, 1.807) is 0 Å².